The summed E-state index contributed by atoms with van der Waals surface area (Å²) in [6.07, 6.45) is 0.976. The summed E-state index contributed by atoms with van der Waals surface area (Å²) in [6, 6.07) is 0. The highest BCUT2D eigenvalue weighted by atomic mass is 32.2. The van der Waals surface area contributed by atoms with E-state index in [9.17, 15) is 8.42 Å². The van der Waals surface area contributed by atoms with Gasteiger partial charge in [0, 0.05) is 4.88 Å². The number of sulfone groups is 1. The number of aryl methyl sites for hydroxylation is 2. The van der Waals surface area contributed by atoms with Crippen LogP contribution in [0, 0.1) is 13.8 Å². The Labute approximate surface area is 99.8 Å². The summed E-state index contributed by atoms with van der Waals surface area (Å²) in [5.41, 5.74) is 6.73. The smallest absolute Gasteiger partial charge is 0.150 e. The van der Waals surface area contributed by atoms with Crippen molar-refractivity contribution in [3.05, 3.63) is 15.6 Å². The molecule has 0 unspecified atom stereocenters. The third-order valence-electron chi connectivity index (χ3n) is 3.17. The predicted octanol–water partition coefficient (Wildman–Crippen LogP) is 1.12. The number of rotatable bonds is 1. The van der Waals surface area contributed by atoms with E-state index in [1.54, 1.807) is 11.3 Å². The molecule has 0 bridgehead atoms. The molecular formula is C10H16N2O2S2. The van der Waals surface area contributed by atoms with Crippen LogP contribution in [0.5, 0.6) is 0 Å². The number of hydrogen-bond acceptors (Lipinski definition) is 5. The fraction of sp³-hybridized carbons (Fsp3) is 0.700. The zero-order chi connectivity index (χ0) is 12.0. The van der Waals surface area contributed by atoms with Crippen LogP contribution in [0.3, 0.4) is 0 Å². The molecule has 4 nitrogen and oxygen atoms in total. The lowest BCUT2D eigenvalue weighted by molar-refractivity contribution is 0.393. The van der Waals surface area contributed by atoms with Gasteiger partial charge in [0.15, 0.2) is 0 Å². The van der Waals surface area contributed by atoms with Crippen molar-refractivity contribution in [2.24, 2.45) is 5.73 Å². The average Bonchev–Trinajstić information content (AvgIpc) is 2.54. The molecule has 16 heavy (non-hydrogen) atoms. The van der Waals surface area contributed by atoms with E-state index in [0.717, 1.165) is 15.6 Å². The first kappa shape index (κ1) is 12.0. The van der Waals surface area contributed by atoms with Gasteiger partial charge in [0.25, 0.3) is 0 Å². The van der Waals surface area contributed by atoms with E-state index in [1.165, 1.54) is 0 Å². The summed E-state index contributed by atoms with van der Waals surface area (Å²) in [5.74, 6) is 0.363. The lowest BCUT2D eigenvalue weighted by Gasteiger charge is -2.31. The van der Waals surface area contributed by atoms with Crippen LogP contribution in [0.2, 0.25) is 0 Å². The minimum atomic E-state index is -2.87. The number of hydrogen-bond donors (Lipinski definition) is 1. The van der Waals surface area contributed by atoms with E-state index in [0.29, 0.717) is 12.8 Å². The van der Waals surface area contributed by atoms with Gasteiger partial charge >= 0.3 is 0 Å². The van der Waals surface area contributed by atoms with Crippen LogP contribution < -0.4 is 5.73 Å². The molecule has 1 fully saturated rings. The largest absolute Gasteiger partial charge is 0.319 e. The topological polar surface area (TPSA) is 73.0 Å². The second-order valence-corrected chi connectivity index (χ2v) is 7.98. The molecule has 1 saturated heterocycles. The predicted molar refractivity (Wildman–Crippen MR) is 65.3 cm³/mol. The summed E-state index contributed by atoms with van der Waals surface area (Å²) in [4.78, 5) is 5.61. The van der Waals surface area contributed by atoms with E-state index < -0.39 is 15.4 Å². The van der Waals surface area contributed by atoms with E-state index in [-0.39, 0.29) is 11.5 Å². The zero-order valence-corrected chi connectivity index (χ0v) is 11.1. The minimum absolute atomic E-state index is 0.182. The van der Waals surface area contributed by atoms with Gasteiger partial charge in [-0.2, -0.15) is 0 Å². The van der Waals surface area contributed by atoms with Crippen molar-refractivity contribution in [2.75, 3.05) is 11.5 Å². The second kappa shape index (κ2) is 3.78. The van der Waals surface area contributed by atoms with Crippen LogP contribution >= 0.6 is 11.3 Å². The summed E-state index contributed by atoms with van der Waals surface area (Å²) in [5, 5.41) is 0.886. The van der Waals surface area contributed by atoms with Crippen LogP contribution in [0.15, 0.2) is 0 Å². The maximum Gasteiger partial charge on any atom is 0.150 e. The van der Waals surface area contributed by atoms with E-state index in [2.05, 4.69) is 4.98 Å². The van der Waals surface area contributed by atoms with Gasteiger partial charge in [-0.1, -0.05) is 0 Å². The molecule has 0 amide bonds. The van der Waals surface area contributed by atoms with Crippen LogP contribution in [0.1, 0.15) is 28.4 Å². The molecule has 0 saturated carbocycles. The quantitative estimate of drug-likeness (QED) is 0.821. The Bertz CT molecular complexity index is 471. The Morgan fingerprint density at radius 2 is 1.88 bits per heavy atom. The number of nitrogens with two attached hydrogens (primary N) is 1. The van der Waals surface area contributed by atoms with Crippen LogP contribution in [0.25, 0.3) is 0 Å². The molecule has 1 aromatic heterocycles. The Morgan fingerprint density at radius 1 is 1.31 bits per heavy atom. The lowest BCUT2D eigenvalue weighted by atomic mass is 9.94. The van der Waals surface area contributed by atoms with Gasteiger partial charge in [-0.15, -0.1) is 11.3 Å². The number of aromatic nitrogens is 1. The van der Waals surface area contributed by atoms with Crippen LogP contribution in [-0.2, 0) is 15.4 Å². The molecule has 0 spiro atoms. The molecule has 2 rings (SSSR count). The monoisotopic (exact) mass is 260 g/mol. The summed E-state index contributed by atoms with van der Waals surface area (Å²) >= 11 is 1.59. The molecule has 6 heteroatoms. The Morgan fingerprint density at radius 3 is 2.31 bits per heavy atom. The first-order valence-electron chi connectivity index (χ1n) is 5.26. The van der Waals surface area contributed by atoms with Crippen molar-refractivity contribution in [2.45, 2.75) is 32.2 Å². The molecule has 0 aromatic carbocycles. The SMILES string of the molecule is Cc1nc(C2(N)CCS(=O)(=O)CC2)sc1C. The molecule has 1 aromatic rings. The maximum absolute atomic E-state index is 11.4. The maximum atomic E-state index is 11.4. The van der Waals surface area contributed by atoms with Crippen molar-refractivity contribution < 1.29 is 8.42 Å². The highest BCUT2D eigenvalue weighted by Gasteiger charge is 2.37. The Kier molecular flexibility index (Phi) is 2.84. The molecule has 1 aliphatic rings. The zero-order valence-electron chi connectivity index (χ0n) is 9.49. The first-order valence-corrected chi connectivity index (χ1v) is 7.90. The molecule has 0 radical (unpaired) electrons. The normalized spacial score (nSPS) is 23.2. The Balaban J connectivity index is 2.27. The number of nitrogens with zero attached hydrogens (tertiary/aromatic N) is 1. The van der Waals surface area contributed by atoms with Crippen molar-refractivity contribution in [1.82, 2.24) is 4.98 Å². The van der Waals surface area contributed by atoms with Crippen molar-refractivity contribution in [1.29, 1.82) is 0 Å². The van der Waals surface area contributed by atoms with Gasteiger partial charge < -0.3 is 5.73 Å². The fourth-order valence-corrected chi connectivity index (χ4v) is 4.43. The van der Waals surface area contributed by atoms with E-state index in [1.807, 2.05) is 13.8 Å². The van der Waals surface area contributed by atoms with E-state index in [4.69, 9.17) is 5.73 Å². The molecule has 0 atom stereocenters. The Hall–Kier alpha value is -0.460. The third kappa shape index (κ3) is 2.14. The van der Waals surface area contributed by atoms with Gasteiger partial charge in [0.2, 0.25) is 0 Å². The van der Waals surface area contributed by atoms with Crippen molar-refractivity contribution >= 4 is 21.2 Å². The van der Waals surface area contributed by atoms with Crippen molar-refractivity contribution in [3.63, 3.8) is 0 Å². The standard InChI is InChI=1S/C10H16N2O2S2/c1-7-8(2)15-9(12-7)10(11)3-5-16(13,14)6-4-10/h3-6,11H2,1-2H3. The molecule has 90 valence electrons. The van der Waals surface area contributed by atoms with Gasteiger partial charge in [0.05, 0.1) is 22.7 Å². The average molecular weight is 260 g/mol. The second-order valence-electron chi connectivity index (χ2n) is 4.47. The van der Waals surface area contributed by atoms with Crippen LogP contribution in [-0.4, -0.2) is 24.9 Å². The third-order valence-corrected chi connectivity index (χ3v) is 6.12. The molecule has 2 heterocycles. The van der Waals surface area contributed by atoms with Gasteiger partial charge in [0.1, 0.15) is 14.8 Å². The summed E-state index contributed by atoms with van der Waals surface area (Å²) in [7, 11) is -2.87. The minimum Gasteiger partial charge on any atom is -0.319 e. The van der Waals surface area contributed by atoms with Gasteiger partial charge in [-0.05, 0) is 26.7 Å². The highest BCUT2D eigenvalue weighted by Crippen LogP contribution is 2.34. The van der Waals surface area contributed by atoms with Crippen molar-refractivity contribution in [3.8, 4) is 0 Å². The molecule has 1 aliphatic heterocycles. The molecule has 2 N–H and O–H groups in total. The molecule has 0 aliphatic carbocycles. The first-order chi connectivity index (χ1) is 7.32. The van der Waals surface area contributed by atoms with E-state index >= 15 is 0 Å². The molecular weight excluding hydrogens is 244 g/mol. The summed E-state index contributed by atoms with van der Waals surface area (Å²) < 4.78 is 22.7. The fourth-order valence-electron chi connectivity index (χ4n) is 1.80. The van der Waals surface area contributed by atoms with Gasteiger partial charge in [-0.25, -0.2) is 13.4 Å². The lowest BCUT2D eigenvalue weighted by Crippen LogP contribution is -2.44. The summed E-state index contributed by atoms with van der Waals surface area (Å²) in [6.45, 7) is 3.97. The van der Waals surface area contributed by atoms with Gasteiger partial charge in [-0.3, -0.25) is 0 Å². The van der Waals surface area contributed by atoms with Crippen LogP contribution in [0.4, 0.5) is 0 Å². The highest BCUT2D eigenvalue weighted by molar-refractivity contribution is 7.91. The number of thiazole rings is 1.